The van der Waals surface area contributed by atoms with Gasteiger partial charge in [0, 0.05) is 12.6 Å². The Morgan fingerprint density at radius 3 is 2.75 bits per heavy atom. The number of amides is 1. The number of amidine groups is 1. The molecule has 5 heteroatoms. The van der Waals surface area contributed by atoms with Crippen LogP contribution < -0.4 is 11.1 Å². The molecule has 20 heavy (non-hydrogen) atoms. The molecule has 0 bridgehead atoms. The van der Waals surface area contributed by atoms with Gasteiger partial charge in [0.15, 0.2) is 0 Å². The van der Waals surface area contributed by atoms with Gasteiger partial charge in [0.1, 0.15) is 12.1 Å². The molecule has 3 unspecified atom stereocenters. The summed E-state index contributed by atoms with van der Waals surface area (Å²) in [4.78, 5) is 15.8. The van der Waals surface area contributed by atoms with E-state index in [0.29, 0.717) is 24.5 Å². The van der Waals surface area contributed by atoms with Gasteiger partial charge in [0.2, 0.25) is 5.91 Å². The third-order valence-electron chi connectivity index (χ3n) is 4.81. The monoisotopic (exact) mass is 279 g/mol. The number of nitrogens with two attached hydrogens (primary N) is 1. The quantitative estimate of drug-likeness (QED) is 0.811. The fourth-order valence-corrected chi connectivity index (χ4v) is 3.69. The highest BCUT2D eigenvalue weighted by atomic mass is 16.5. The van der Waals surface area contributed by atoms with Crippen LogP contribution in [0.25, 0.3) is 0 Å². The van der Waals surface area contributed by atoms with E-state index in [1.54, 1.807) is 6.92 Å². The van der Waals surface area contributed by atoms with Crippen LogP contribution in [0, 0.1) is 11.8 Å². The summed E-state index contributed by atoms with van der Waals surface area (Å²) in [5.41, 5.74) is 7.88. The van der Waals surface area contributed by atoms with Gasteiger partial charge in [-0.25, -0.2) is 4.99 Å². The minimum absolute atomic E-state index is 0.00995. The highest BCUT2D eigenvalue weighted by Crippen LogP contribution is 2.47. The molecular formula is C15H25N3O2. The number of nitrogens with one attached hydrogen (secondary N) is 1. The number of ether oxygens (including phenoxy) is 1. The first-order valence-electron chi connectivity index (χ1n) is 7.35. The maximum Gasteiger partial charge on any atom is 0.282 e. The normalized spacial score (nSPS) is 35.5. The van der Waals surface area contributed by atoms with Crippen LogP contribution in [0.3, 0.4) is 0 Å². The van der Waals surface area contributed by atoms with Crippen molar-refractivity contribution in [1.82, 2.24) is 5.32 Å². The lowest BCUT2D eigenvalue weighted by Crippen LogP contribution is -2.45. The standard InChI is InChI=1S/C15H25N3O2/c1-5-12-9(2)15(8-20-14(16)18-15)7-6-13(12)10(3)17-11(4)19/h9,12H,5-8H2,1-4H3,(H2,16,18)(H,17,19). The van der Waals surface area contributed by atoms with Crippen LogP contribution in [0.5, 0.6) is 0 Å². The molecule has 0 saturated heterocycles. The van der Waals surface area contributed by atoms with Crippen molar-refractivity contribution in [2.75, 3.05) is 6.61 Å². The molecule has 1 aliphatic carbocycles. The topological polar surface area (TPSA) is 76.7 Å². The lowest BCUT2D eigenvalue weighted by Gasteiger charge is -2.43. The predicted octanol–water partition coefficient (Wildman–Crippen LogP) is 1.94. The number of hydrogen-bond acceptors (Lipinski definition) is 4. The summed E-state index contributed by atoms with van der Waals surface area (Å²) in [6.45, 7) is 8.54. The number of aliphatic imine (C=N–C) groups is 1. The van der Waals surface area contributed by atoms with Crippen molar-refractivity contribution in [3.8, 4) is 0 Å². The van der Waals surface area contributed by atoms with E-state index in [1.807, 2.05) is 6.92 Å². The Morgan fingerprint density at radius 2 is 2.25 bits per heavy atom. The van der Waals surface area contributed by atoms with Crippen molar-refractivity contribution in [2.45, 2.75) is 52.5 Å². The van der Waals surface area contributed by atoms with Gasteiger partial charge in [-0.3, -0.25) is 4.79 Å². The molecule has 1 fully saturated rings. The molecular weight excluding hydrogens is 254 g/mol. The zero-order valence-corrected chi connectivity index (χ0v) is 12.8. The van der Waals surface area contributed by atoms with E-state index in [1.165, 1.54) is 5.57 Å². The summed E-state index contributed by atoms with van der Waals surface area (Å²) in [5.74, 6) is 0.763. The lowest BCUT2D eigenvalue weighted by atomic mass is 9.65. The van der Waals surface area contributed by atoms with E-state index >= 15 is 0 Å². The van der Waals surface area contributed by atoms with Crippen LogP contribution in [0.15, 0.2) is 16.3 Å². The highest BCUT2D eigenvalue weighted by molar-refractivity contribution is 5.75. The van der Waals surface area contributed by atoms with Crippen LogP contribution in [0.2, 0.25) is 0 Å². The number of rotatable bonds is 2. The molecule has 2 aliphatic rings. The third kappa shape index (κ3) is 2.53. The van der Waals surface area contributed by atoms with E-state index in [4.69, 9.17) is 10.5 Å². The van der Waals surface area contributed by atoms with Crippen molar-refractivity contribution >= 4 is 11.9 Å². The first-order chi connectivity index (χ1) is 9.39. The molecule has 0 aromatic rings. The average molecular weight is 279 g/mol. The Morgan fingerprint density at radius 1 is 1.55 bits per heavy atom. The van der Waals surface area contributed by atoms with Crippen molar-refractivity contribution in [2.24, 2.45) is 22.6 Å². The number of carbonyl (C=O) groups is 1. The zero-order chi connectivity index (χ0) is 14.9. The molecule has 2 rings (SSSR count). The summed E-state index contributed by atoms with van der Waals surface area (Å²) < 4.78 is 5.41. The first-order valence-corrected chi connectivity index (χ1v) is 7.35. The van der Waals surface area contributed by atoms with Crippen LogP contribution in [-0.2, 0) is 9.53 Å². The average Bonchev–Trinajstić information content (AvgIpc) is 2.74. The minimum atomic E-state index is -0.176. The molecule has 5 nitrogen and oxygen atoms in total. The largest absolute Gasteiger partial charge is 0.463 e. The molecule has 1 saturated carbocycles. The number of carbonyl (C=O) groups excluding carboxylic acids is 1. The number of hydrogen-bond donors (Lipinski definition) is 2. The van der Waals surface area contributed by atoms with Crippen LogP contribution >= 0.6 is 0 Å². The molecule has 1 aliphatic heterocycles. The Hall–Kier alpha value is -1.52. The molecule has 3 N–H and O–H groups in total. The molecule has 0 radical (unpaired) electrons. The molecule has 3 atom stereocenters. The maximum absolute atomic E-state index is 11.3. The minimum Gasteiger partial charge on any atom is -0.463 e. The van der Waals surface area contributed by atoms with Crippen molar-refractivity contribution in [1.29, 1.82) is 0 Å². The summed E-state index contributed by atoms with van der Waals surface area (Å²) in [5, 5.41) is 2.93. The van der Waals surface area contributed by atoms with E-state index in [-0.39, 0.29) is 11.4 Å². The number of allylic oxidation sites excluding steroid dienone is 2. The second-order valence-electron chi connectivity index (χ2n) is 5.98. The zero-order valence-electron chi connectivity index (χ0n) is 12.8. The lowest BCUT2D eigenvalue weighted by molar-refractivity contribution is -0.118. The number of nitrogens with zero attached hydrogens (tertiary/aromatic N) is 1. The molecule has 0 aromatic carbocycles. The summed E-state index contributed by atoms with van der Waals surface area (Å²) in [6, 6.07) is 0.317. The molecule has 1 heterocycles. The van der Waals surface area contributed by atoms with Gasteiger partial charge in [0.25, 0.3) is 6.02 Å². The van der Waals surface area contributed by atoms with Gasteiger partial charge in [-0.15, -0.1) is 0 Å². The van der Waals surface area contributed by atoms with E-state index in [2.05, 4.69) is 24.2 Å². The van der Waals surface area contributed by atoms with Gasteiger partial charge in [-0.2, -0.15) is 0 Å². The van der Waals surface area contributed by atoms with Crippen molar-refractivity contribution < 1.29 is 9.53 Å². The SMILES string of the molecule is CCC1C(=C(C)NC(C)=O)CCC2(COC(N)=N2)C1C. The smallest absolute Gasteiger partial charge is 0.282 e. The molecule has 0 aromatic heterocycles. The summed E-state index contributed by atoms with van der Waals surface area (Å²) in [7, 11) is 0. The Balaban J connectivity index is 2.28. The van der Waals surface area contributed by atoms with Gasteiger partial charge in [0.05, 0.1) is 0 Å². The van der Waals surface area contributed by atoms with Crippen molar-refractivity contribution in [3.63, 3.8) is 0 Å². The first kappa shape index (κ1) is 14.9. The molecule has 1 spiro atoms. The van der Waals surface area contributed by atoms with Gasteiger partial charge in [-0.1, -0.05) is 13.8 Å². The summed E-state index contributed by atoms with van der Waals surface area (Å²) >= 11 is 0. The fourth-order valence-electron chi connectivity index (χ4n) is 3.69. The van der Waals surface area contributed by atoms with Crippen LogP contribution in [0.1, 0.15) is 47.0 Å². The Bertz CT molecular complexity index is 470. The predicted molar refractivity (Wildman–Crippen MR) is 79.0 cm³/mol. The Kier molecular flexibility index (Phi) is 4.06. The molecule has 1 amide bonds. The maximum atomic E-state index is 11.3. The van der Waals surface area contributed by atoms with Gasteiger partial charge >= 0.3 is 0 Å². The van der Waals surface area contributed by atoms with Gasteiger partial charge < -0.3 is 15.8 Å². The summed E-state index contributed by atoms with van der Waals surface area (Å²) in [6.07, 6.45) is 2.90. The van der Waals surface area contributed by atoms with E-state index < -0.39 is 0 Å². The van der Waals surface area contributed by atoms with Crippen LogP contribution in [-0.4, -0.2) is 24.1 Å². The highest BCUT2D eigenvalue weighted by Gasteiger charge is 2.48. The van der Waals surface area contributed by atoms with E-state index in [9.17, 15) is 4.79 Å². The molecule has 112 valence electrons. The van der Waals surface area contributed by atoms with Gasteiger partial charge in [-0.05, 0) is 43.6 Å². The van der Waals surface area contributed by atoms with Crippen LogP contribution in [0.4, 0.5) is 0 Å². The Labute approximate surface area is 120 Å². The fraction of sp³-hybridized carbons (Fsp3) is 0.733. The second-order valence-corrected chi connectivity index (χ2v) is 5.98. The second kappa shape index (κ2) is 5.46. The third-order valence-corrected chi connectivity index (χ3v) is 4.81. The van der Waals surface area contributed by atoms with E-state index in [0.717, 1.165) is 25.0 Å². The van der Waals surface area contributed by atoms with Crippen molar-refractivity contribution in [3.05, 3.63) is 11.3 Å².